The van der Waals surface area contributed by atoms with Gasteiger partial charge in [-0.3, -0.25) is 0 Å². The Hall–Kier alpha value is -1.42. The van der Waals surface area contributed by atoms with Crippen LogP contribution in [0.25, 0.3) is 0 Å². The van der Waals surface area contributed by atoms with Crippen molar-refractivity contribution in [3.8, 4) is 0 Å². The zero-order valence-electron chi connectivity index (χ0n) is 10.4. The van der Waals surface area contributed by atoms with Crippen LogP contribution in [-0.2, 0) is 6.54 Å². The van der Waals surface area contributed by atoms with Gasteiger partial charge in [0.1, 0.15) is 5.82 Å². The van der Waals surface area contributed by atoms with Crippen LogP contribution in [0.2, 0.25) is 0 Å². The van der Waals surface area contributed by atoms with E-state index in [4.69, 9.17) is 5.11 Å². The minimum atomic E-state index is -1.02. The van der Waals surface area contributed by atoms with Gasteiger partial charge >= 0.3 is 5.97 Å². The number of benzene rings is 1. The molecule has 98 valence electrons. The molecule has 0 saturated heterocycles. The van der Waals surface area contributed by atoms with Crippen LogP contribution in [0.15, 0.2) is 18.2 Å². The third-order valence-electron chi connectivity index (χ3n) is 3.71. The summed E-state index contributed by atoms with van der Waals surface area (Å²) in [5.41, 5.74) is 0.557. The summed E-state index contributed by atoms with van der Waals surface area (Å²) in [6, 6.07) is 4.33. The molecule has 1 saturated carbocycles. The van der Waals surface area contributed by atoms with Crippen molar-refractivity contribution < 1.29 is 14.3 Å². The quantitative estimate of drug-likeness (QED) is 0.865. The van der Waals surface area contributed by atoms with Crippen LogP contribution in [0.1, 0.15) is 42.1 Å². The average molecular weight is 251 g/mol. The highest BCUT2D eigenvalue weighted by atomic mass is 19.1. The normalized spacial score (nSPS) is 23.2. The lowest BCUT2D eigenvalue weighted by Gasteiger charge is -2.17. The molecule has 2 rings (SSSR count). The highest BCUT2D eigenvalue weighted by Crippen LogP contribution is 2.25. The SMILES string of the molecule is CC1CCCC1NCc1cc(C(=O)O)ccc1F. The number of aromatic carboxylic acids is 1. The molecular weight excluding hydrogens is 233 g/mol. The summed E-state index contributed by atoms with van der Waals surface area (Å²) in [6.07, 6.45) is 3.52. The Morgan fingerprint density at radius 3 is 2.89 bits per heavy atom. The predicted molar refractivity (Wildman–Crippen MR) is 67.0 cm³/mol. The Bertz CT molecular complexity index is 447. The zero-order chi connectivity index (χ0) is 13.1. The second-order valence-electron chi connectivity index (χ2n) is 5.01. The van der Waals surface area contributed by atoms with Gasteiger partial charge in [0.2, 0.25) is 0 Å². The van der Waals surface area contributed by atoms with Crippen LogP contribution < -0.4 is 5.32 Å². The van der Waals surface area contributed by atoms with Gasteiger partial charge in [0.05, 0.1) is 5.56 Å². The minimum Gasteiger partial charge on any atom is -0.478 e. The van der Waals surface area contributed by atoms with Crippen molar-refractivity contribution in [1.29, 1.82) is 0 Å². The number of carboxylic acid groups (broad SMARTS) is 1. The van der Waals surface area contributed by atoms with Crippen molar-refractivity contribution in [3.05, 3.63) is 35.1 Å². The standard InChI is InChI=1S/C14H18FNO2/c1-9-3-2-4-13(9)16-8-11-7-10(14(17)18)5-6-12(11)15/h5-7,9,13,16H,2-4,8H2,1H3,(H,17,18). The number of halogens is 1. The van der Waals surface area contributed by atoms with E-state index in [2.05, 4.69) is 12.2 Å². The van der Waals surface area contributed by atoms with E-state index in [0.717, 1.165) is 6.42 Å². The maximum atomic E-state index is 13.6. The fraction of sp³-hybridized carbons (Fsp3) is 0.500. The minimum absolute atomic E-state index is 0.132. The molecule has 1 aliphatic carbocycles. The van der Waals surface area contributed by atoms with Gasteiger partial charge in [-0.2, -0.15) is 0 Å². The van der Waals surface area contributed by atoms with Crippen molar-refractivity contribution in [3.63, 3.8) is 0 Å². The largest absolute Gasteiger partial charge is 0.478 e. The molecule has 2 unspecified atom stereocenters. The fourth-order valence-corrected chi connectivity index (χ4v) is 2.53. The molecule has 0 heterocycles. The van der Waals surface area contributed by atoms with E-state index in [-0.39, 0.29) is 11.4 Å². The van der Waals surface area contributed by atoms with Gasteiger partial charge in [0.15, 0.2) is 0 Å². The highest BCUT2D eigenvalue weighted by Gasteiger charge is 2.22. The molecule has 0 radical (unpaired) electrons. The number of rotatable bonds is 4. The summed E-state index contributed by atoms with van der Waals surface area (Å²) in [6.45, 7) is 2.58. The van der Waals surface area contributed by atoms with Gasteiger partial charge in [0, 0.05) is 18.2 Å². The first-order valence-corrected chi connectivity index (χ1v) is 6.33. The number of carboxylic acids is 1. The van der Waals surface area contributed by atoms with Gasteiger partial charge in [-0.1, -0.05) is 13.3 Å². The molecule has 1 aromatic rings. The maximum absolute atomic E-state index is 13.6. The Labute approximate surface area is 106 Å². The number of carbonyl (C=O) groups is 1. The second-order valence-corrected chi connectivity index (χ2v) is 5.01. The van der Waals surface area contributed by atoms with Gasteiger partial charge in [-0.05, 0) is 37.0 Å². The molecule has 1 aliphatic rings. The molecule has 1 fully saturated rings. The molecule has 1 aromatic carbocycles. The maximum Gasteiger partial charge on any atom is 0.335 e. The number of nitrogens with one attached hydrogen (secondary N) is 1. The van der Waals surface area contributed by atoms with E-state index in [9.17, 15) is 9.18 Å². The molecule has 0 spiro atoms. The lowest BCUT2D eigenvalue weighted by molar-refractivity contribution is 0.0696. The van der Waals surface area contributed by atoms with Crippen LogP contribution in [0.4, 0.5) is 4.39 Å². The number of hydrogen-bond acceptors (Lipinski definition) is 2. The molecule has 18 heavy (non-hydrogen) atoms. The lowest BCUT2D eigenvalue weighted by atomic mass is 10.1. The van der Waals surface area contributed by atoms with Crippen LogP contribution in [-0.4, -0.2) is 17.1 Å². The molecule has 3 nitrogen and oxygen atoms in total. The topological polar surface area (TPSA) is 49.3 Å². The third-order valence-corrected chi connectivity index (χ3v) is 3.71. The van der Waals surface area contributed by atoms with E-state index in [1.807, 2.05) is 0 Å². The summed E-state index contributed by atoms with van der Waals surface area (Å²) in [5.74, 6) is -0.764. The second kappa shape index (κ2) is 5.48. The van der Waals surface area contributed by atoms with Crippen LogP contribution >= 0.6 is 0 Å². The van der Waals surface area contributed by atoms with Gasteiger partial charge < -0.3 is 10.4 Å². The van der Waals surface area contributed by atoms with Crippen molar-refractivity contribution >= 4 is 5.97 Å². The first-order valence-electron chi connectivity index (χ1n) is 6.33. The highest BCUT2D eigenvalue weighted by molar-refractivity contribution is 5.87. The Kier molecular flexibility index (Phi) is 3.97. The van der Waals surface area contributed by atoms with Gasteiger partial charge in [-0.15, -0.1) is 0 Å². The Morgan fingerprint density at radius 1 is 1.50 bits per heavy atom. The zero-order valence-corrected chi connectivity index (χ0v) is 10.4. The summed E-state index contributed by atoms with van der Waals surface area (Å²) < 4.78 is 13.6. The van der Waals surface area contributed by atoms with Crippen molar-refractivity contribution in [1.82, 2.24) is 5.32 Å². The third kappa shape index (κ3) is 2.88. The van der Waals surface area contributed by atoms with Crippen molar-refractivity contribution in [2.24, 2.45) is 5.92 Å². The van der Waals surface area contributed by atoms with E-state index in [0.29, 0.717) is 24.1 Å². The van der Waals surface area contributed by atoms with Gasteiger partial charge in [-0.25, -0.2) is 9.18 Å². The average Bonchev–Trinajstić information content (AvgIpc) is 2.73. The first-order chi connectivity index (χ1) is 8.58. The summed E-state index contributed by atoms with van der Waals surface area (Å²) in [4.78, 5) is 10.8. The predicted octanol–water partition coefficient (Wildman–Crippen LogP) is 2.80. The molecule has 2 N–H and O–H groups in total. The van der Waals surface area contributed by atoms with Crippen molar-refractivity contribution in [2.75, 3.05) is 0 Å². The first kappa shape index (κ1) is 13.0. The Morgan fingerprint density at radius 2 is 2.28 bits per heavy atom. The van der Waals surface area contributed by atoms with Crippen molar-refractivity contribution in [2.45, 2.75) is 38.8 Å². The molecule has 2 atom stereocenters. The fourth-order valence-electron chi connectivity index (χ4n) is 2.53. The molecule has 0 amide bonds. The number of hydrogen-bond donors (Lipinski definition) is 2. The summed E-state index contributed by atoms with van der Waals surface area (Å²) in [5, 5.41) is 12.2. The molecular formula is C14H18FNO2. The molecule has 0 aliphatic heterocycles. The van der Waals surface area contributed by atoms with Crippen LogP contribution in [0.5, 0.6) is 0 Å². The van der Waals surface area contributed by atoms with E-state index in [1.165, 1.54) is 31.0 Å². The van der Waals surface area contributed by atoms with E-state index < -0.39 is 5.97 Å². The monoisotopic (exact) mass is 251 g/mol. The molecule has 4 heteroatoms. The van der Waals surface area contributed by atoms with Crippen LogP contribution in [0.3, 0.4) is 0 Å². The molecule has 0 bridgehead atoms. The summed E-state index contributed by atoms with van der Waals surface area (Å²) >= 11 is 0. The Balaban J connectivity index is 2.04. The molecule has 0 aromatic heterocycles. The van der Waals surface area contributed by atoms with Gasteiger partial charge in [0.25, 0.3) is 0 Å². The van der Waals surface area contributed by atoms with E-state index >= 15 is 0 Å². The van der Waals surface area contributed by atoms with E-state index in [1.54, 1.807) is 0 Å². The lowest BCUT2D eigenvalue weighted by Crippen LogP contribution is -2.30. The van der Waals surface area contributed by atoms with Crippen LogP contribution in [0, 0.1) is 11.7 Å². The smallest absolute Gasteiger partial charge is 0.335 e. The summed E-state index contributed by atoms with van der Waals surface area (Å²) in [7, 11) is 0.